The molecule has 0 aliphatic carbocycles. The molecule has 5 rings (SSSR count). The van der Waals surface area contributed by atoms with Crippen molar-refractivity contribution < 1.29 is 14.3 Å². The van der Waals surface area contributed by atoms with Crippen molar-refractivity contribution >= 4 is 11.6 Å². The highest BCUT2D eigenvalue weighted by Crippen LogP contribution is 2.33. The highest BCUT2D eigenvalue weighted by Gasteiger charge is 2.15. The third-order valence-corrected chi connectivity index (χ3v) is 5.79. The molecule has 2 aromatic carbocycles. The van der Waals surface area contributed by atoms with Crippen molar-refractivity contribution in [3.8, 4) is 23.0 Å². The molecule has 1 aliphatic rings. The molecule has 4 aromatic rings. The van der Waals surface area contributed by atoms with Gasteiger partial charge in [0.25, 0.3) is 5.91 Å². The molecule has 0 bridgehead atoms. The van der Waals surface area contributed by atoms with E-state index in [4.69, 9.17) is 9.47 Å². The van der Waals surface area contributed by atoms with Crippen LogP contribution in [0, 0.1) is 6.92 Å². The summed E-state index contributed by atoms with van der Waals surface area (Å²) >= 11 is 0. The van der Waals surface area contributed by atoms with Gasteiger partial charge in [0, 0.05) is 31.0 Å². The Morgan fingerprint density at radius 3 is 2.69 bits per heavy atom. The first-order valence-electron chi connectivity index (χ1n) is 11.2. The van der Waals surface area contributed by atoms with Crippen LogP contribution in [0.2, 0.25) is 0 Å². The van der Waals surface area contributed by atoms with Gasteiger partial charge in [-0.05, 0) is 54.4 Å². The Labute approximate surface area is 202 Å². The molecule has 0 atom stereocenters. The molecule has 0 unspecified atom stereocenters. The summed E-state index contributed by atoms with van der Waals surface area (Å²) in [5.41, 5.74) is 4.09. The van der Waals surface area contributed by atoms with Gasteiger partial charge in [0.2, 0.25) is 0 Å². The van der Waals surface area contributed by atoms with E-state index in [1.807, 2.05) is 48.9 Å². The van der Waals surface area contributed by atoms with Crippen molar-refractivity contribution in [3.05, 3.63) is 77.5 Å². The molecule has 35 heavy (non-hydrogen) atoms. The van der Waals surface area contributed by atoms with E-state index in [0.717, 1.165) is 28.4 Å². The first kappa shape index (κ1) is 22.3. The number of aromatic nitrogens is 5. The van der Waals surface area contributed by atoms with Gasteiger partial charge in [-0.2, -0.15) is 0 Å². The smallest absolute Gasteiger partial charge is 0.251 e. The number of nitrogens with zero attached hydrogens (tertiary/aromatic N) is 5. The van der Waals surface area contributed by atoms with Crippen LogP contribution in [-0.2, 0) is 20.1 Å². The minimum atomic E-state index is -0.160. The van der Waals surface area contributed by atoms with Crippen LogP contribution in [0.1, 0.15) is 27.3 Å². The third kappa shape index (κ3) is 4.91. The molecule has 2 aromatic heterocycles. The third-order valence-electron chi connectivity index (χ3n) is 5.79. The number of carbonyl (C=O) groups excluding carboxylic acids is 1. The first-order chi connectivity index (χ1) is 17.1. The molecule has 10 heteroatoms. The van der Waals surface area contributed by atoms with E-state index < -0.39 is 0 Å². The molecule has 0 saturated heterocycles. The lowest BCUT2D eigenvalue weighted by molar-refractivity contribution is 0.0950. The molecule has 10 nitrogen and oxygen atoms in total. The minimum absolute atomic E-state index is 0.160. The molecular formula is C25H25N7O3. The van der Waals surface area contributed by atoms with Crippen LogP contribution in [0.15, 0.2) is 55.0 Å². The summed E-state index contributed by atoms with van der Waals surface area (Å²) in [4.78, 5) is 21.0. The fraction of sp³-hybridized carbons (Fsp3) is 0.240. The van der Waals surface area contributed by atoms with Crippen LogP contribution >= 0.6 is 0 Å². The Morgan fingerprint density at radius 2 is 1.89 bits per heavy atom. The Hall–Kier alpha value is -4.47. The summed E-state index contributed by atoms with van der Waals surface area (Å²) in [5.74, 6) is 2.69. The molecule has 2 N–H and O–H groups in total. The Morgan fingerprint density at radius 1 is 1.06 bits per heavy atom. The van der Waals surface area contributed by atoms with E-state index in [1.54, 1.807) is 18.3 Å². The molecule has 0 spiro atoms. The summed E-state index contributed by atoms with van der Waals surface area (Å²) in [7, 11) is 1.89. The zero-order chi connectivity index (χ0) is 24.2. The number of benzene rings is 2. The fourth-order valence-electron chi connectivity index (χ4n) is 3.81. The number of carbonyl (C=O) groups is 1. The maximum atomic E-state index is 12.8. The summed E-state index contributed by atoms with van der Waals surface area (Å²) in [6, 6.07) is 13.0. The van der Waals surface area contributed by atoms with Crippen LogP contribution in [0.25, 0.3) is 11.5 Å². The maximum Gasteiger partial charge on any atom is 0.251 e. The van der Waals surface area contributed by atoms with Gasteiger partial charge in [-0.25, -0.2) is 9.97 Å². The zero-order valence-electron chi connectivity index (χ0n) is 19.5. The molecule has 178 valence electrons. The standard InChI is InChI=1S/C25H25N7O3/c1-16-10-21-22(35-9-8-34-21)12-18(16)13-28-25(33)17-4-3-5-19(11-17)27-14-23-30-31-24(32(23)2)20-6-7-26-15-29-20/h3-7,10-12,15,27H,8-9,13-14H2,1-2H3,(H,28,33). The second-order valence-corrected chi connectivity index (χ2v) is 8.13. The second kappa shape index (κ2) is 9.80. The zero-order valence-corrected chi connectivity index (χ0v) is 19.5. The molecule has 1 amide bonds. The van der Waals surface area contributed by atoms with Crippen molar-refractivity contribution in [2.24, 2.45) is 7.05 Å². The Bertz CT molecular complexity index is 1350. The number of fused-ring (bicyclic) bond motifs is 1. The van der Waals surface area contributed by atoms with E-state index in [1.165, 1.54) is 6.33 Å². The topological polar surface area (TPSA) is 116 Å². The van der Waals surface area contributed by atoms with Gasteiger partial charge in [-0.15, -0.1) is 10.2 Å². The van der Waals surface area contributed by atoms with Crippen LogP contribution in [0.5, 0.6) is 11.5 Å². The predicted molar refractivity (Wildman–Crippen MR) is 129 cm³/mol. The lowest BCUT2D eigenvalue weighted by Crippen LogP contribution is -2.23. The molecule has 0 fully saturated rings. The molecule has 3 heterocycles. The lowest BCUT2D eigenvalue weighted by atomic mass is 10.1. The van der Waals surface area contributed by atoms with Gasteiger partial charge in [-0.1, -0.05) is 6.07 Å². The highest BCUT2D eigenvalue weighted by atomic mass is 16.6. The molecular weight excluding hydrogens is 446 g/mol. The van der Waals surface area contributed by atoms with Gasteiger partial charge >= 0.3 is 0 Å². The number of amides is 1. The summed E-state index contributed by atoms with van der Waals surface area (Å²) < 4.78 is 13.2. The summed E-state index contributed by atoms with van der Waals surface area (Å²) in [6.45, 7) is 3.90. The fourth-order valence-corrected chi connectivity index (χ4v) is 3.81. The van der Waals surface area contributed by atoms with Crippen LogP contribution in [0.4, 0.5) is 5.69 Å². The first-order valence-corrected chi connectivity index (χ1v) is 11.2. The summed E-state index contributed by atoms with van der Waals surface area (Å²) in [6.07, 6.45) is 3.15. The minimum Gasteiger partial charge on any atom is -0.486 e. The monoisotopic (exact) mass is 471 g/mol. The van der Waals surface area contributed by atoms with Crippen LogP contribution < -0.4 is 20.1 Å². The van der Waals surface area contributed by atoms with E-state index in [0.29, 0.717) is 49.1 Å². The molecule has 0 radical (unpaired) electrons. The average molecular weight is 472 g/mol. The summed E-state index contributed by atoms with van der Waals surface area (Å²) in [5, 5.41) is 14.8. The maximum absolute atomic E-state index is 12.8. The van der Waals surface area contributed by atoms with Crippen molar-refractivity contribution in [2.45, 2.75) is 20.0 Å². The number of hydrogen-bond donors (Lipinski definition) is 2. The number of ether oxygens (including phenoxy) is 2. The molecule has 1 aliphatic heterocycles. The van der Waals surface area contributed by atoms with Crippen LogP contribution in [-0.4, -0.2) is 43.9 Å². The average Bonchev–Trinajstić information content (AvgIpc) is 3.26. The number of anilines is 1. The van der Waals surface area contributed by atoms with Gasteiger partial charge in [0.1, 0.15) is 25.2 Å². The molecule has 0 saturated carbocycles. The van der Waals surface area contributed by atoms with E-state index in [9.17, 15) is 4.79 Å². The normalized spacial score (nSPS) is 12.3. The van der Waals surface area contributed by atoms with Gasteiger partial charge < -0.3 is 24.7 Å². The number of hydrogen-bond acceptors (Lipinski definition) is 8. The van der Waals surface area contributed by atoms with Crippen molar-refractivity contribution in [1.29, 1.82) is 0 Å². The van der Waals surface area contributed by atoms with Crippen LogP contribution in [0.3, 0.4) is 0 Å². The lowest BCUT2D eigenvalue weighted by Gasteiger charge is -2.20. The van der Waals surface area contributed by atoms with Crippen molar-refractivity contribution in [3.63, 3.8) is 0 Å². The predicted octanol–water partition coefficient (Wildman–Crippen LogP) is 2.89. The quantitative estimate of drug-likeness (QED) is 0.423. The SMILES string of the molecule is Cc1cc2c(cc1CNC(=O)c1cccc(NCc3nnc(-c4ccncn4)n3C)c1)OCCO2. The Kier molecular flexibility index (Phi) is 6.25. The van der Waals surface area contributed by atoms with E-state index in [-0.39, 0.29) is 5.91 Å². The largest absolute Gasteiger partial charge is 0.486 e. The van der Waals surface area contributed by atoms with Gasteiger partial charge in [0.05, 0.1) is 6.54 Å². The highest BCUT2D eigenvalue weighted by molar-refractivity contribution is 5.95. The number of aryl methyl sites for hydroxylation is 1. The number of nitrogens with one attached hydrogen (secondary N) is 2. The van der Waals surface area contributed by atoms with E-state index >= 15 is 0 Å². The van der Waals surface area contributed by atoms with Gasteiger partial charge in [-0.3, -0.25) is 4.79 Å². The van der Waals surface area contributed by atoms with E-state index in [2.05, 4.69) is 30.8 Å². The van der Waals surface area contributed by atoms with Crippen molar-refractivity contribution in [2.75, 3.05) is 18.5 Å². The number of rotatable bonds is 7. The van der Waals surface area contributed by atoms with Gasteiger partial charge in [0.15, 0.2) is 23.1 Å². The Balaban J connectivity index is 1.22. The second-order valence-electron chi connectivity index (χ2n) is 8.13. The van der Waals surface area contributed by atoms with Crippen molar-refractivity contribution in [1.82, 2.24) is 30.0 Å².